The van der Waals surface area contributed by atoms with Gasteiger partial charge in [-0.2, -0.15) is 0 Å². The third-order valence-electron chi connectivity index (χ3n) is 2.44. The minimum Gasteiger partial charge on any atom is -0.477 e. The number of rotatable bonds is 2. The fourth-order valence-electron chi connectivity index (χ4n) is 1.62. The van der Waals surface area contributed by atoms with Gasteiger partial charge >= 0.3 is 5.97 Å². The monoisotopic (exact) mass is 233 g/mol. The summed E-state index contributed by atoms with van der Waals surface area (Å²) in [5.41, 5.74) is 1.78. The molecule has 0 unspecified atom stereocenters. The van der Waals surface area contributed by atoms with Crippen LogP contribution in [0.4, 0.5) is 0 Å². The molecule has 1 aromatic carbocycles. The van der Waals surface area contributed by atoms with E-state index in [9.17, 15) is 4.79 Å². The van der Waals surface area contributed by atoms with Gasteiger partial charge in [0.15, 0.2) is 0 Å². The zero-order chi connectivity index (χ0) is 11.7. The third kappa shape index (κ3) is 1.88. The van der Waals surface area contributed by atoms with Gasteiger partial charge in [0.25, 0.3) is 0 Å². The lowest BCUT2D eigenvalue weighted by molar-refractivity contribution is 0.0691. The van der Waals surface area contributed by atoms with Gasteiger partial charge < -0.3 is 5.11 Å². The first-order valence-electron chi connectivity index (χ1n) is 4.80. The van der Waals surface area contributed by atoms with Crippen LogP contribution in [0.1, 0.15) is 16.1 Å². The number of aryl methyl sites for hydroxylation is 1. The van der Waals surface area contributed by atoms with Crippen LogP contribution in [0.2, 0.25) is 0 Å². The maximum atomic E-state index is 10.9. The van der Waals surface area contributed by atoms with Crippen molar-refractivity contribution in [1.82, 2.24) is 4.98 Å². The number of hydrogen-bond acceptors (Lipinski definition) is 3. The van der Waals surface area contributed by atoms with E-state index in [2.05, 4.69) is 4.98 Å². The summed E-state index contributed by atoms with van der Waals surface area (Å²) in [4.78, 5) is 16.1. The predicted octanol–water partition coefficient (Wildman–Crippen LogP) is 2.96. The number of benzene rings is 1. The molecular weight excluding hydrogens is 222 g/mol. The molecule has 0 bridgehead atoms. The topological polar surface area (TPSA) is 50.2 Å². The summed E-state index contributed by atoms with van der Waals surface area (Å²) in [7, 11) is 0. The van der Waals surface area contributed by atoms with E-state index >= 15 is 0 Å². The number of nitrogens with zero attached hydrogens (tertiary/aromatic N) is 1. The van der Waals surface area contributed by atoms with E-state index in [1.807, 2.05) is 31.4 Å². The van der Waals surface area contributed by atoms with Crippen molar-refractivity contribution in [1.29, 1.82) is 0 Å². The Kier molecular flexibility index (Phi) is 2.83. The molecule has 1 aromatic heterocycles. The van der Waals surface area contributed by atoms with Gasteiger partial charge in [0.05, 0.1) is 5.52 Å². The minimum atomic E-state index is -0.987. The van der Waals surface area contributed by atoms with Crippen LogP contribution in [-0.2, 0) is 0 Å². The summed E-state index contributed by atoms with van der Waals surface area (Å²) < 4.78 is 0. The summed E-state index contributed by atoms with van der Waals surface area (Å²) in [5.74, 6) is -0.987. The van der Waals surface area contributed by atoms with Crippen LogP contribution in [0.3, 0.4) is 0 Å². The van der Waals surface area contributed by atoms with Gasteiger partial charge in [0, 0.05) is 10.3 Å². The maximum absolute atomic E-state index is 10.9. The average molecular weight is 233 g/mol. The van der Waals surface area contributed by atoms with Crippen molar-refractivity contribution in [2.24, 2.45) is 0 Å². The number of hydrogen-bond donors (Lipinski definition) is 1. The fraction of sp³-hybridized carbons (Fsp3) is 0.167. The lowest BCUT2D eigenvalue weighted by atomic mass is 10.1. The van der Waals surface area contributed by atoms with Crippen molar-refractivity contribution in [3.8, 4) is 0 Å². The van der Waals surface area contributed by atoms with Gasteiger partial charge in [-0.15, -0.1) is 11.8 Å². The molecule has 0 spiro atoms. The molecule has 2 rings (SSSR count). The van der Waals surface area contributed by atoms with Crippen molar-refractivity contribution in [3.05, 3.63) is 35.5 Å². The molecule has 3 nitrogen and oxygen atoms in total. The normalized spacial score (nSPS) is 10.6. The fourth-order valence-corrected chi connectivity index (χ4v) is 2.05. The number of carboxylic acid groups (broad SMARTS) is 1. The Morgan fingerprint density at radius 2 is 2.12 bits per heavy atom. The van der Waals surface area contributed by atoms with E-state index in [0.29, 0.717) is 0 Å². The molecule has 4 heteroatoms. The zero-order valence-electron chi connectivity index (χ0n) is 9.02. The molecule has 0 aliphatic heterocycles. The highest BCUT2D eigenvalue weighted by atomic mass is 32.2. The molecule has 2 aromatic rings. The lowest BCUT2D eigenvalue weighted by Gasteiger charge is -2.05. The van der Waals surface area contributed by atoms with Crippen molar-refractivity contribution >= 4 is 28.6 Å². The first kappa shape index (κ1) is 11.0. The van der Waals surface area contributed by atoms with Gasteiger partial charge in [-0.25, -0.2) is 9.78 Å². The van der Waals surface area contributed by atoms with E-state index in [1.54, 1.807) is 17.8 Å². The molecule has 0 saturated carbocycles. The number of pyridine rings is 1. The van der Waals surface area contributed by atoms with Gasteiger partial charge in [-0.1, -0.05) is 6.07 Å². The number of carboxylic acids is 1. The van der Waals surface area contributed by atoms with Crippen LogP contribution in [0.25, 0.3) is 10.9 Å². The van der Waals surface area contributed by atoms with Gasteiger partial charge in [-0.3, -0.25) is 0 Å². The molecule has 82 valence electrons. The van der Waals surface area contributed by atoms with Crippen LogP contribution in [-0.4, -0.2) is 22.3 Å². The molecule has 0 aliphatic rings. The highest BCUT2D eigenvalue weighted by Crippen LogP contribution is 2.23. The molecule has 1 heterocycles. The maximum Gasteiger partial charge on any atom is 0.354 e. The first-order chi connectivity index (χ1) is 7.61. The van der Waals surface area contributed by atoms with Crippen molar-refractivity contribution < 1.29 is 9.90 Å². The van der Waals surface area contributed by atoms with Crippen LogP contribution < -0.4 is 0 Å². The number of thioether (sulfide) groups is 1. The van der Waals surface area contributed by atoms with E-state index in [-0.39, 0.29) is 5.69 Å². The molecule has 0 aliphatic carbocycles. The van der Waals surface area contributed by atoms with Crippen LogP contribution in [0.15, 0.2) is 29.2 Å². The summed E-state index contributed by atoms with van der Waals surface area (Å²) in [6.07, 6.45) is 1.98. The third-order valence-corrected chi connectivity index (χ3v) is 3.17. The minimum absolute atomic E-state index is 0.100. The number of aromatic nitrogens is 1. The molecule has 0 radical (unpaired) electrons. The quantitative estimate of drug-likeness (QED) is 0.810. The molecule has 16 heavy (non-hydrogen) atoms. The second kappa shape index (κ2) is 4.14. The Morgan fingerprint density at radius 3 is 2.75 bits per heavy atom. The number of aromatic carboxylic acids is 1. The lowest BCUT2D eigenvalue weighted by Crippen LogP contribution is -2.01. The van der Waals surface area contributed by atoms with Crippen molar-refractivity contribution in [2.75, 3.05) is 6.26 Å². The highest BCUT2D eigenvalue weighted by Gasteiger charge is 2.08. The zero-order valence-corrected chi connectivity index (χ0v) is 9.84. The number of fused-ring (bicyclic) bond motifs is 1. The molecule has 0 atom stereocenters. The SMILES string of the molecule is CSc1ccc2c(C)cc(C(=O)O)nc2c1. The van der Waals surface area contributed by atoms with Gasteiger partial charge in [0.1, 0.15) is 5.69 Å². The molecule has 0 fully saturated rings. The smallest absolute Gasteiger partial charge is 0.354 e. The Bertz CT molecular complexity index is 566. The summed E-state index contributed by atoms with van der Waals surface area (Å²) in [6.45, 7) is 1.90. The van der Waals surface area contributed by atoms with Crippen molar-refractivity contribution in [3.63, 3.8) is 0 Å². The molecular formula is C12H11NO2S. The average Bonchev–Trinajstić information content (AvgIpc) is 2.28. The summed E-state index contributed by atoms with van der Waals surface area (Å²) in [5, 5.41) is 9.93. The van der Waals surface area contributed by atoms with Crippen molar-refractivity contribution in [2.45, 2.75) is 11.8 Å². The second-order valence-corrected chi connectivity index (χ2v) is 4.39. The highest BCUT2D eigenvalue weighted by molar-refractivity contribution is 7.98. The van der Waals surface area contributed by atoms with Crippen LogP contribution in [0, 0.1) is 6.92 Å². The van der Waals surface area contributed by atoms with Crippen LogP contribution in [0.5, 0.6) is 0 Å². The van der Waals surface area contributed by atoms with E-state index < -0.39 is 5.97 Å². The standard InChI is InChI=1S/C12H11NO2S/c1-7-5-11(12(14)15)13-10-6-8(16-2)3-4-9(7)10/h3-6H,1-2H3,(H,14,15). The van der Waals surface area contributed by atoms with E-state index in [0.717, 1.165) is 21.4 Å². The summed E-state index contributed by atoms with van der Waals surface area (Å²) >= 11 is 1.62. The van der Waals surface area contributed by atoms with E-state index in [4.69, 9.17) is 5.11 Å². The Morgan fingerprint density at radius 1 is 1.38 bits per heavy atom. The van der Waals surface area contributed by atoms with Gasteiger partial charge in [-0.05, 0) is 36.9 Å². The first-order valence-corrected chi connectivity index (χ1v) is 6.03. The Labute approximate surface area is 97.5 Å². The summed E-state index contributed by atoms with van der Waals surface area (Å²) in [6, 6.07) is 7.51. The molecule has 0 amide bonds. The largest absolute Gasteiger partial charge is 0.477 e. The van der Waals surface area contributed by atoms with E-state index in [1.165, 1.54) is 0 Å². The molecule has 0 saturated heterocycles. The Hall–Kier alpha value is -1.55. The second-order valence-electron chi connectivity index (χ2n) is 3.51. The Balaban J connectivity index is 2.72. The molecule has 1 N–H and O–H groups in total. The van der Waals surface area contributed by atoms with Crippen LogP contribution >= 0.6 is 11.8 Å². The van der Waals surface area contributed by atoms with Gasteiger partial charge in [0.2, 0.25) is 0 Å². The predicted molar refractivity (Wildman–Crippen MR) is 65.2 cm³/mol. The number of carbonyl (C=O) groups is 1.